The maximum absolute atomic E-state index is 5.92. The molecule has 1 saturated heterocycles. The van der Waals surface area contributed by atoms with Gasteiger partial charge in [0, 0.05) is 20.1 Å². The first kappa shape index (κ1) is 16.4. The van der Waals surface area contributed by atoms with Gasteiger partial charge in [0.2, 0.25) is 11.9 Å². The second-order valence-corrected chi connectivity index (χ2v) is 6.19. The number of likely N-dealkylation sites (tertiary alicyclic amines) is 1. The van der Waals surface area contributed by atoms with E-state index in [2.05, 4.69) is 19.9 Å². The van der Waals surface area contributed by atoms with E-state index < -0.39 is 0 Å². The van der Waals surface area contributed by atoms with Crippen molar-refractivity contribution in [3.63, 3.8) is 0 Å². The van der Waals surface area contributed by atoms with Gasteiger partial charge in [-0.1, -0.05) is 18.2 Å². The Hall–Kier alpha value is -2.41. The zero-order valence-corrected chi connectivity index (χ0v) is 14.2. The maximum Gasteiger partial charge on any atom is 0.229 e. The fourth-order valence-corrected chi connectivity index (χ4v) is 2.88. The molecule has 1 aromatic carbocycles. The highest BCUT2D eigenvalue weighted by molar-refractivity contribution is 5.32. The molecule has 3 rings (SSSR count). The van der Waals surface area contributed by atoms with Gasteiger partial charge >= 0.3 is 0 Å². The molecule has 1 aromatic heterocycles. The van der Waals surface area contributed by atoms with Crippen LogP contribution in [0, 0.1) is 0 Å². The van der Waals surface area contributed by atoms with Crippen LogP contribution in [-0.2, 0) is 6.54 Å². The van der Waals surface area contributed by atoms with Crippen molar-refractivity contribution >= 4 is 11.9 Å². The molecule has 0 aliphatic carbocycles. The van der Waals surface area contributed by atoms with Gasteiger partial charge in [0.15, 0.2) is 0 Å². The van der Waals surface area contributed by atoms with Crippen LogP contribution in [0.1, 0.15) is 18.7 Å². The summed E-state index contributed by atoms with van der Waals surface area (Å²) in [4.78, 5) is 17.1. The van der Waals surface area contributed by atoms with Crippen molar-refractivity contribution in [1.29, 1.82) is 0 Å². The molecular formula is C17H24N6O. The van der Waals surface area contributed by atoms with Crippen LogP contribution in [0.2, 0.25) is 0 Å². The lowest BCUT2D eigenvalue weighted by atomic mass is 10.2. The van der Waals surface area contributed by atoms with Crippen LogP contribution in [0.4, 0.5) is 11.9 Å². The first-order valence-electron chi connectivity index (χ1n) is 8.21. The average Bonchev–Trinajstić information content (AvgIpc) is 3.00. The lowest BCUT2D eigenvalue weighted by Gasteiger charge is -2.24. The predicted molar refractivity (Wildman–Crippen MR) is 93.9 cm³/mol. The summed E-state index contributed by atoms with van der Waals surface area (Å²) in [6.45, 7) is 2.35. The van der Waals surface area contributed by atoms with E-state index in [1.807, 2.05) is 49.3 Å². The summed E-state index contributed by atoms with van der Waals surface area (Å²) in [6, 6.07) is 10.3. The molecule has 0 amide bonds. The topological polar surface area (TPSA) is 80.4 Å². The largest absolute Gasteiger partial charge is 0.492 e. The van der Waals surface area contributed by atoms with E-state index in [0.717, 1.165) is 25.1 Å². The van der Waals surface area contributed by atoms with E-state index in [0.29, 0.717) is 31.0 Å². The van der Waals surface area contributed by atoms with Crippen LogP contribution in [0.25, 0.3) is 0 Å². The Labute approximate surface area is 142 Å². The summed E-state index contributed by atoms with van der Waals surface area (Å²) < 4.78 is 5.92. The van der Waals surface area contributed by atoms with Gasteiger partial charge in [0.1, 0.15) is 18.2 Å². The molecular weight excluding hydrogens is 304 g/mol. The number of hydrogen-bond acceptors (Lipinski definition) is 7. The number of ether oxygens (including phenoxy) is 1. The molecule has 0 spiro atoms. The van der Waals surface area contributed by atoms with Crippen molar-refractivity contribution in [2.75, 3.05) is 37.9 Å². The Morgan fingerprint density at radius 3 is 2.75 bits per heavy atom. The molecule has 0 unspecified atom stereocenters. The number of nitrogens with two attached hydrogens (primary N) is 1. The molecule has 0 saturated carbocycles. The normalized spacial score (nSPS) is 17.8. The van der Waals surface area contributed by atoms with E-state index >= 15 is 0 Å². The number of rotatable bonds is 6. The van der Waals surface area contributed by atoms with Crippen molar-refractivity contribution in [3.8, 4) is 5.75 Å². The van der Waals surface area contributed by atoms with Crippen molar-refractivity contribution in [2.24, 2.45) is 0 Å². The van der Waals surface area contributed by atoms with Gasteiger partial charge in [-0.05, 0) is 31.5 Å². The molecule has 128 valence electrons. The summed E-state index contributed by atoms with van der Waals surface area (Å²) >= 11 is 0. The third-order valence-electron chi connectivity index (χ3n) is 4.12. The summed E-state index contributed by atoms with van der Waals surface area (Å²) in [5.74, 6) is 2.47. The van der Waals surface area contributed by atoms with Crippen molar-refractivity contribution in [3.05, 3.63) is 36.2 Å². The van der Waals surface area contributed by atoms with Crippen LogP contribution < -0.4 is 15.4 Å². The van der Waals surface area contributed by atoms with Crippen LogP contribution in [0.5, 0.6) is 5.75 Å². The molecule has 2 N–H and O–H groups in total. The highest BCUT2D eigenvalue weighted by atomic mass is 16.5. The maximum atomic E-state index is 5.92. The molecule has 1 aliphatic heterocycles. The Morgan fingerprint density at radius 1 is 1.21 bits per heavy atom. The molecule has 1 atom stereocenters. The van der Waals surface area contributed by atoms with Gasteiger partial charge < -0.3 is 15.4 Å². The number of anilines is 2. The van der Waals surface area contributed by atoms with Crippen molar-refractivity contribution < 1.29 is 4.74 Å². The van der Waals surface area contributed by atoms with Gasteiger partial charge in [-0.25, -0.2) is 0 Å². The number of para-hydroxylation sites is 1. The van der Waals surface area contributed by atoms with Crippen LogP contribution in [0.15, 0.2) is 30.3 Å². The SMILES string of the molecule is CN(C)c1nc(N)nc(CN2CCC[C@@H]2COc2ccccc2)n1. The Balaban J connectivity index is 1.63. The minimum absolute atomic E-state index is 0.264. The van der Waals surface area contributed by atoms with Gasteiger partial charge in [0.25, 0.3) is 0 Å². The molecule has 7 nitrogen and oxygen atoms in total. The second-order valence-electron chi connectivity index (χ2n) is 6.19. The van der Waals surface area contributed by atoms with E-state index in [9.17, 15) is 0 Å². The van der Waals surface area contributed by atoms with E-state index in [4.69, 9.17) is 10.5 Å². The smallest absolute Gasteiger partial charge is 0.229 e. The fourth-order valence-electron chi connectivity index (χ4n) is 2.88. The fraction of sp³-hybridized carbons (Fsp3) is 0.471. The summed E-state index contributed by atoms with van der Waals surface area (Å²) in [6.07, 6.45) is 2.28. The molecule has 0 bridgehead atoms. The second kappa shape index (κ2) is 7.44. The van der Waals surface area contributed by atoms with Crippen LogP contribution in [0.3, 0.4) is 0 Å². The molecule has 1 fully saturated rings. The summed E-state index contributed by atoms with van der Waals surface area (Å²) in [5, 5.41) is 0. The third kappa shape index (κ3) is 4.11. The summed E-state index contributed by atoms with van der Waals surface area (Å²) in [7, 11) is 3.79. The number of nitrogens with zero attached hydrogens (tertiary/aromatic N) is 5. The number of aromatic nitrogens is 3. The monoisotopic (exact) mass is 328 g/mol. The molecule has 0 radical (unpaired) electrons. The zero-order valence-electron chi connectivity index (χ0n) is 14.2. The molecule has 1 aliphatic rings. The van der Waals surface area contributed by atoms with Crippen molar-refractivity contribution in [1.82, 2.24) is 19.9 Å². The third-order valence-corrected chi connectivity index (χ3v) is 4.12. The van der Waals surface area contributed by atoms with E-state index in [1.165, 1.54) is 0 Å². The molecule has 24 heavy (non-hydrogen) atoms. The highest BCUT2D eigenvalue weighted by Gasteiger charge is 2.26. The van der Waals surface area contributed by atoms with Gasteiger partial charge in [-0.3, -0.25) is 4.90 Å². The lowest BCUT2D eigenvalue weighted by molar-refractivity contribution is 0.164. The number of hydrogen-bond donors (Lipinski definition) is 1. The Kier molecular flexibility index (Phi) is 5.10. The van der Waals surface area contributed by atoms with Gasteiger partial charge in [-0.15, -0.1) is 0 Å². The molecule has 2 heterocycles. The predicted octanol–water partition coefficient (Wildman–Crippen LogP) is 1.56. The summed E-state index contributed by atoms with van der Waals surface area (Å²) in [5.41, 5.74) is 5.81. The standard InChI is InChI=1S/C17H24N6O/c1-22(2)17-20-15(19-16(18)21-17)11-23-10-6-7-13(23)12-24-14-8-4-3-5-9-14/h3-5,8-9,13H,6-7,10-12H2,1-2H3,(H2,18,19,20,21)/t13-/m1/s1. The first-order valence-corrected chi connectivity index (χ1v) is 8.21. The Morgan fingerprint density at radius 2 is 2.00 bits per heavy atom. The van der Waals surface area contributed by atoms with Crippen LogP contribution in [-0.4, -0.2) is 53.1 Å². The molecule has 2 aromatic rings. The van der Waals surface area contributed by atoms with Crippen LogP contribution >= 0.6 is 0 Å². The zero-order chi connectivity index (χ0) is 16.9. The first-order chi connectivity index (χ1) is 11.6. The minimum Gasteiger partial charge on any atom is -0.492 e. The Bertz CT molecular complexity index is 663. The minimum atomic E-state index is 0.264. The van der Waals surface area contributed by atoms with E-state index in [-0.39, 0.29) is 5.95 Å². The quantitative estimate of drug-likeness (QED) is 0.862. The number of benzene rings is 1. The van der Waals surface area contributed by atoms with E-state index in [1.54, 1.807) is 0 Å². The lowest BCUT2D eigenvalue weighted by Crippen LogP contribution is -2.34. The average molecular weight is 328 g/mol. The van der Waals surface area contributed by atoms with Crippen molar-refractivity contribution in [2.45, 2.75) is 25.4 Å². The molecule has 7 heteroatoms. The highest BCUT2D eigenvalue weighted by Crippen LogP contribution is 2.21. The van der Waals surface area contributed by atoms with Gasteiger partial charge in [0.05, 0.1) is 6.54 Å². The number of nitrogen functional groups attached to an aromatic ring is 1. The van der Waals surface area contributed by atoms with Gasteiger partial charge in [-0.2, -0.15) is 15.0 Å².